The standard InChI is InChI=1S/C11H12N2S2/c1-8-13-6-9(15-8)7-14-11-5-3-2-4-10(11)12/h2-6H,7,12H2,1H3. The van der Waals surface area contributed by atoms with Crippen LogP contribution in [0, 0.1) is 6.92 Å². The third kappa shape index (κ3) is 2.73. The van der Waals surface area contributed by atoms with Gasteiger partial charge in [0.15, 0.2) is 0 Å². The number of nitrogens with two attached hydrogens (primary N) is 1. The van der Waals surface area contributed by atoms with Crippen molar-refractivity contribution in [2.24, 2.45) is 0 Å². The van der Waals surface area contributed by atoms with Crippen LogP contribution in [0.4, 0.5) is 5.69 Å². The predicted octanol–water partition coefficient (Wildman–Crippen LogP) is 3.33. The summed E-state index contributed by atoms with van der Waals surface area (Å²) in [5.74, 6) is 0.944. The summed E-state index contributed by atoms with van der Waals surface area (Å²) >= 11 is 3.50. The van der Waals surface area contributed by atoms with Crippen LogP contribution in [-0.4, -0.2) is 4.98 Å². The lowest BCUT2D eigenvalue weighted by atomic mass is 10.3. The Morgan fingerprint density at radius 3 is 2.87 bits per heavy atom. The number of benzene rings is 1. The molecule has 78 valence electrons. The molecule has 0 atom stereocenters. The van der Waals surface area contributed by atoms with E-state index < -0.39 is 0 Å². The number of para-hydroxylation sites is 1. The molecule has 0 aliphatic rings. The summed E-state index contributed by atoms with van der Waals surface area (Å²) in [6.07, 6.45) is 1.94. The van der Waals surface area contributed by atoms with Crippen LogP contribution in [0.2, 0.25) is 0 Å². The van der Waals surface area contributed by atoms with Crippen molar-refractivity contribution in [3.05, 3.63) is 40.3 Å². The van der Waals surface area contributed by atoms with Gasteiger partial charge in [0.05, 0.1) is 5.01 Å². The fourth-order valence-corrected chi connectivity index (χ4v) is 3.02. The molecule has 1 aromatic carbocycles. The van der Waals surface area contributed by atoms with Crippen molar-refractivity contribution in [3.63, 3.8) is 0 Å². The van der Waals surface area contributed by atoms with E-state index >= 15 is 0 Å². The lowest BCUT2D eigenvalue weighted by Crippen LogP contribution is -1.87. The topological polar surface area (TPSA) is 38.9 Å². The molecule has 15 heavy (non-hydrogen) atoms. The summed E-state index contributed by atoms with van der Waals surface area (Å²) < 4.78 is 0. The molecule has 0 unspecified atom stereocenters. The van der Waals surface area contributed by atoms with Gasteiger partial charge in [-0.3, -0.25) is 0 Å². The Morgan fingerprint density at radius 1 is 1.40 bits per heavy atom. The summed E-state index contributed by atoms with van der Waals surface area (Å²) in [4.78, 5) is 6.66. The number of nitrogen functional groups attached to an aromatic ring is 1. The van der Waals surface area contributed by atoms with Crippen LogP contribution in [0.3, 0.4) is 0 Å². The van der Waals surface area contributed by atoms with E-state index in [-0.39, 0.29) is 0 Å². The highest BCUT2D eigenvalue weighted by Crippen LogP contribution is 2.29. The van der Waals surface area contributed by atoms with Crippen molar-refractivity contribution in [1.29, 1.82) is 0 Å². The molecule has 2 N–H and O–H groups in total. The summed E-state index contributed by atoms with van der Waals surface area (Å²) in [5.41, 5.74) is 6.71. The molecule has 1 aromatic heterocycles. The highest BCUT2D eigenvalue weighted by Gasteiger charge is 2.01. The van der Waals surface area contributed by atoms with E-state index in [4.69, 9.17) is 5.73 Å². The Hall–Kier alpha value is -1.00. The quantitative estimate of drug-likeness (QED) is 0.656. The van der Waals surface area contributed by atoms with Crippen LogP contribution in [0.5, 0.6) is 0 Å². The minimum atomic E-state index is 0.851. The van der Waals surface area contributed by atoms with E-state index in [1.807, 2.05) is 37.4 Å². The number of aryl methyl sites for hydroxylation is 1. The molecular weight excluding hydrogens is 224 g/mol. The number of hydrogen-bond acceptors (Lipinski definition) is 4. The van der Waals surface area contributed by atoms with Crippen molar-refractivity contribution >= 4 is 28.8 Å². The number of hydrogen-bond donors (Lipinski definition) is 1. The zero-order valence-corrected chi connectivity index (χ0v) is 10.1. The Morgan fingerprint density at radius 2 is 2.20 bits per heavy atom. The van der Waals surface area contributed by atoms with E-state index in [0.717, 1.165) is 21.3 Å². The highest BCUT2D eigenvalue weighted by molar-refractivity contribution is 7.98. The van der Waals surface area contributed by atoms with Gasteiger partial charge >= 0.3 is 0 Å². The molecule has 0 radical (unpaired) electrons. The van der Waals surface area contributed by atoms with Gasteiger partial charge in [0, 0.05) is 27.4 Å². The van der Waals surface area contributed by atoms with Gasteiger partial charge < -0.3 is 5.73 Å². The Kier molecular flexibility index (Phi) is 3.28. The molecule has 4 heteroatoms. The summed E-state index contributed by atoms with van der Waals surface area (Å²) in [5, 5.41) is 1.12. The average molecular weight is 236 g/mol. The van der Waals surface area contributed by atoms with Crippen LogP contribution in [0.15, 0.2) is 35.4 Å². The first-order chi connectivity index (χ1) is 7.25. The van der Waals surface area contributed by atoms with Crippen LogP contribution >= 0.6 is 23.1 Å². The summed E-state index contributed by atoms with van der Waals surface area (Å²) in [6, 6.07) is 7.95. The minimum absolute atomic E-state index is 0.851. The Bertz CT molecular complexity index is 451. The molecule has 0 amide bonds. The second-order valence-corrected chi connectivity index (χ2v) is 5.51. The second-order valence-electron chi connectivity index (χ2n) is 3.17. The third-order valence-electron chi connectivity index (χ3n) is 1.96. The van der Waals surface area contributed by atoms with Gasteiger partial charge in [0.2, 0.25) is 0 Å². The third-order valence-corrected chi connectivity index (χ3v) is 4.19. The van der Waals surface area contributed by atoms with Crippen LogP contribution in [0.1, 0.15) is 9.88 Å². The van der Waals surface area contributed by atoms with Gasteiger partial charge in [-0.2, -0.15) is 0 Å². The number of thiazole rings is 1. The predicted molar refractivity (Wildman–Crippen MR) is 67.3 cm³/mol. The van der Waals surface area contributed by atoms with Crippen molar-refractivity contribution in [2.75, 3.05) is 5.73 Å². The largest absolute Gasteiger partial charge is 0.398 e. The first-order valence-corrected chi connectivity index (χ1v) is 6.44. The first-order valence-electron chi connectivity index (χ1n) is 4.64. The molecule has 0 spiro atoms. The molecule has 0 saturated heterocycles. The van der Waals surface area contributed by atoms with Gasteiger partial charge in [-0.05, 0) is 19.1 Å². The molecule has 0 bridgehead atoms. The number of nitrogens with zero attached hydrogens (tertiary/aromatic N) is 1. The number of aromatic nitrogens is 1. The fourth-order valence-electron chi connectivity index (χ4n) is 1.23. The molecule has 0 fully saturated rings. The van der Waals surface area contributed by atoms with E-state index in [0.29, 0.717) is 0 Å². The smallest absolute Gasteiger partial charge is 0.0897 e. The minimum Gasteiger partial charge on any atom is -0.398 e. The van der Waals surface area contributed by atoms with Gasteiger partial charge in [0.1, 0.15) is 0 Å². The molecule has 0 aliphatic heterocycles. The fraction of sp³-hybridized carbons (Fsp3) is 0.182. The van der Waals surface area contributed by atoms with Crippen LogP contribution in [0.25, 0.3) is 0 Å². The van der Waals surface area contributed by atoms with Crippen molar-refractivity contribution < 1.29 is 0 Å². The van der Waals surface area contributed by atoms with Crippen LogP contribution < -0.4 is 5.73 Å². The van der Waals surface area contributed by atoms with E-state index in [2.05, 4.69) is 4.98 Å². The lowest BCUT2D eigenvalue weighted by Gasteiger charge is -2.02. The van der Waals surface area contributed by atoms with E-state index in [9.17, 15) is 0 Å². The van der Waals surface area contributed by atoms with E-state index in [1.54, 1.807) is 23.1 Å². The maximum atomic E-state index is 5.86. The lowest BCUT2D eigenvalue weighted by molar-refractivity contribution is 1.28. The number of rotatable bonds is 3. The molecule has 2 rings (SSSR count). The summed E-state index contributed by atoms with van der Waals surface area (Å²) in [6.45, 7) is 2.02. The Labute approximate surface area is 97.5 Å². The van der Waals surface area contributed by atoms with Gasteiger partial charge in [-0.15, -0.1) is 23.1 Å². The number of thioether (sulfide) groups is 1. The molecule has 2 nitrogen and oxygen atoms in total. The molecular formula is C11H12N2S2. The normalized spacial score (nSPS) is 10.5. The molecule has 1 heterocycles. The SMILES string of the molecule is Cc1ncc(CSc2ccccc2N)s1. The van der Waals surface area contributed by atoms with Gasteiger partial charge in [-0.1, -0.05) is 12.1 Å². The van der Waals surface area contributed by atoms with Crippen molar-refractivity contribution in [1.82, 2.24) is 4.98 Å². The maximum Gasteiger partial charge on any atom is 0.0897 e. The zero-order chi connectivity index (χ0) is 10.7. The van der Waals surface area contributed by atoms with E-state index in [1.165, 1.54) is 4.88 Å². The molecule has 2 aromatic rings. The first kappa shape index (κ1) is 10.5. The zero-order valence-electron chi connectivity index (χ0n) is 8.43. The van der Waals surface area contributed by atoms with Crippen LogP contribution in [-0.2, 0) is 5.75 Å². The second kappa shape index (κ2) is 4.68. The van der Waals surface area contributed by atoms with Crippen molar-refractivity contribution in [2.45, 2.75) is 17.6 Å². The average Bonchev–Trinajstić information content (AvgIpc) is 2.63. The Balaban J connectivity index is 2.02. The number of anilines is 1. The van der Waals surface area contributed by atoms with Crippen molar-refractivity contribution in [3.8, 4) is 0 Å². The van der Waals surface area contributed by atoms with Gasteiger partial charge in [-0.25, -0.2) is 4.98 Å². The monoisotopic (exact) mass is 236 g/mol. The summed E-state index contributed by atoms with van der Waals surface area (Å²) in [7, 11) is 0. The molecule has 0 aliphatic carbocycles. The maximum absolute atomic E-state index is 5.86. The van der Waals surface area contributed by atoms with Gasteiger partial charge in [0.25, 0.3) is 0 Å². The molecule has 0 saturated carbocycles. The highest BCUT2D eigenvalue weighted by atomic mass is 32.2.